The molecule has 0 aliphatic rings. The van der Waals surface area contributed by atoms with E-state index in [0.717, 1.165) is 53.9 Å². The van der Waals surface area contributed by atoms with Crippen LogP contribution in [0.4, 0.5) is 0 Å². The summed E-state index contributed by atoms with van der Waals surface area (Å²) in [6.45, 7) is 10.5. The van der Waals surface area contributed by atoms with Gasteiger partial charge in [0, 0.05) is 23.9 Å². The van der Waals surface area contributed by atoms with Crippen LogP contribution in [0.5, 0.6) is 0 Å². The van der Waals surface area contributed by atoms with Crippen molar-refractivity contribution in [3.63, 3.8) is 0 Å². The van der Waals surface area contributed by atoms with Crippen molar-refractivity contribution >= 4 is 41.3 Å². The van der Waals surface area contributed by atoms with Crippen LogP contribution < -0.4 is 10.6 Å². The molecular weight excluding hydrogens is 461 g/mol. The van der Waals surface area contributed by atoms with Gasteiger partial charge in [-0.05, 0) is 26.2 Å². The fourth-order valence-corrected chi connectivity index (χ4v) is 3.30. The van der Waals surface area contributed by atoms with E-state index in [1.54, 1.807) is 11.3 Å². The summed E-state index contributed by atoms with van der Waals surface area (Å²) in [6.07, 6.45) is 3.12. The molecule has 146 valence electrons. The molecule has 0 fully saturated rings. The first-order valence-corrected chi connectivity index (χ1v) is 9.98. The zero-order valence-corrected chi connectivity index (χ0v) is 19.2. The summed E-state index contributed by atoms with van der Waals surface area (Å²) >= 11 is 1.69. The van der Waals surface area contributed by atoms with Crippen molar-refractivity contribution in [1.82, 2.24) is 20.8 Å². The van der Waals surface area contributed by atoms with Crippen molar-refractivity contribution in [3.8, 4) is 0 Å². The van der Waals surface area contributed by atoms with E-state index in [4.69, 9.17) is 4.52 Å². The van der Waals surface area contributed by atoms with E-state index < -0.39 is 0 Å². The van der Waals surface area contributed by atoms with Crippen molar-refractivity contribution in [1.29, 1.82) is 0 Å². The Bertz CT molecular complexity index is 666. The predicted octanol–water partition coefficient (Wildman–Crippen LogP) is 4.47. The molecule has 0 bridgehead atoms. The fourth-order valence-electron chi connectivity index (χ4n) is 2.57. The first-order chi connectivity index (χ1) is 12.2. The second-order valence-electron chi connectivity index (χ2n) is 5.87. The lowest BCUT2D eigenvalue weighted by Gasteiger charge is -2.09. The molecule has 8 heteroatoms. The Labute approximate surface area is 177 Å². The van der Waals surface area contributed by atoms with Gasteiger partial charge in [-0.15, -0.1) is 35.3 Å². The molecule has 0 spiro atoms. The third-order valence-corrected chi connectivity index (χ3v) is 5.10. The van der Waals surface area contributed by atoms with E-state index in [2.05, 4.69) is 58.8 Å². The van der Waals surface area contributed by atoms with Gasteiger partial charge in [-0.3, -0.25) is 0 Å². The van der Waals surface area contributed by atoms with Crippen LogP contribution in [0.1, 0.15) is 68.6 Å². The minimum atomic E-state index is 0. The molecule has 2 aromatic rings. The van der Waals surface area contributed by atoms with E-state index in [1.807, 2.05) is 6.07 Å². The van der Waals surface area contributed by atoms with Gasteiger partial charge in [-0.1, -0.05) is 25.9 Å². The van der Waals surface area contributed by atoms with Crippen LogP contribution in [-0.2, 0) is 19.5 Å². The van der Waals surface area contributed by atoms with Crippen molar-refractivity contribution in [2.45, 2.75) is 66.0 Å². The highest BCUT2D eigenvalue weighted by atomic mass is 127. The van der Waals surface area contributed by atoms with E-state index in [9.17, 15) is 0 Å². The topological polar surface area (TPSA) is 75.3 Å². The first kappa shape index (κ1) is 22.9. The number of hydrogen-bond acceptors (Lipinski definition) is 5. The van der Waals surface area contributed by atoms with Gasteiger partial charge in [0.1, 0.15) is 0 Å². The quantitative estimate of drug-likeness (QED) is 0.308. The number of thiazole rings is 1. The molecule has 2 N–H and O–H groups in total. The molecule has 0 saturated heterocycles. The standard InChI is InChI=1S/C18H29N5OS.HI/c1-5-13(6-2)16-9-15(24-23-16)11-21-18(19-8-4)20-10-14-12-25-17(7-3)22-14;/h9,12-13H,5-8,10-11H2,1-4H3,(H2,19,20,21);1H. The van der Waals surface area contributed by atoms with Gasteiger partial charge in [0.2, 0.25) is 0 Å². The second kappa shape index (κ2) is 12.3. The highest BCUT2D eigenvalue weighted by Crippen LogP contribution is 2.22. The highest BCUT2D eigenvalue weighted by molar-refractivity contribution is 14.0. The fraction of sp³-hybridized carbons (Fsp3) is 0.611. The molecule has 0 amide bonds. The molecule has 26 heavy (non-hydrogen) atoms. The minimum Gasteiger partial charge on any atom is -0.359 e. The van der Waals surface area contributed by atoms with Crippen LogP contribution in [0.15, 0.2) is 21.0 Å². The third-order valence-electron chi connectivity index (χ3n) is 4.06. The molecule has 2 rings (SSSR count). The van der Waals surface area contributed by atoms with Crippen molar-refractivity contribution in [3.05, 3.63) is 33.6 Å². The lowest BCUT2D eigenvalue weighted by atomic mass is 9.99. The third kappa shape index (κ3) is 6.86. The summed E-state index contributed by atoms with van der Waals surface area (Å²) in [5, 5.41) is 14.0. The molecule has 2 heterocycles. The van der Waals surface area contributed by atoms with Crippen LogP contribution in [0.2, 0.25) is 0 Å². The molecule has 0 aliphatic carbocycles. The maximum Gasteiger partial charge on any atom is 0.192 e. The Kier molecular flexibility index (Phi) is 10.8. The number of aromatic nitrogens is 2. The lowest BCUT2D eigenvalue weighted by Crippen LogP contribution is -2.36. The van der Waals surface area contributed by atoms with Crippen LogP contribution in [0.25, 0.3) is 0 Å². The summed E-state index contributed by atoms with van der Waals surface area (Å²) < 4.78 is 5.45. The monoisotopic (exact) mass is 491 g/mol. The zero-order valence-electron chi connectivity index (χ0n) is 16.0. The van der Waals surface area contributed by atoms with Gasteiger partial charge < -0.3 is 15.2 Å². The Hall–Kier alpha value is -1.16. The minimum absolute atomic E-state index is 0. The zero-order chi connectivity index (χ0) is 18.1. The molecule has 0 aliphatic heterocycles. The smallest absolute Gasteiger partial charge is 0.192 e. The van der Waals surface area contributed by atoms with Crippen molar-refractivity contribution in [2.75, 3.05) is 6.54 Å². The number of guanidine groups is 1. The van der Waals surface area contributed by atoms with Crippen molar-refractivity contribution in [2.24, 2.45) is 4.99 Å². The molecule has 6 nitrogen and oxygen atoms in total. The molecule has 2 aromatic heterocycles. The average Bonchev–Trinajstić information content (AvgIpc) is 3.28. The normalized spacial score (nSPS) is 11.5. The maximum atomic E-state index is 5.45. The van der Waals surface area contributed by atoms with Crippen LogP contribution in [-0.4, -0.2) is 22.6 Å². The van der Waals surface area contributed by atoms with Gasteiger partial charge in [-0.2, -0.15) is 0 Å². The van der Waals surface area contributed by atoms with Crippen LogP contribution in [0.3, 0.4) is 0 Å². The largest absolute Gasteiger partial charge is 0.359 e. The molecule has 0 aromatic carbocycles. The maximum absolute atomic E-state index is 5.45. The Morgan fingerprint density at radius 1 is 1.23 bits per heavy atom. The SMILES string of the molecule is CCNC(=NCc1csc(CC)n1)NCc1cc(C(CC)CC)no1.I. The number of hydrogen-bond donors (Lipinski definition) is 2. The molecule has 0 saturated carbocycles. The van der Waals surface area contributed by atoms with Gasteiger partial charge in [0.05, 0.1) is 29.5 Å². The molecule has 0 unspecified atom stereocenters. The average molecular weight is 491 g/mol. The number of aryl methyl sites for hydroxylation is 1. The van der Waals surface area contributed by atoms with E-state index in [-0.39, 0.29) is 24.0 Å². The van der Waals surface area contributed by atoms with Gasteiger partial charge in [-0.25, -0.2) is 9.98 Å². The summed E-state index contributed by atoms with van der Waals surface area (Å²) in [7, 11) is 0. The van der Waals surface area contributed by atoms with E-state index in [0.29, 0.717) is 19.0 Å². The predicted molar refractivity (Wildman–Crippen MR) is 118 cm³/mol. The summed E-state index contributed by atoms with van der Waals surface area (Å²) in [6, 6.07) is 2.04. The number of nitrogens with zero attached hydrogens (tertiary/aromatic N) is 3. The number of halogens is 1. The highest BCUT2D eigenvalue weighted by Gasteiger charge is 2.13. The Morgan fingerprint density at radius 2 is 2.00 bits per heavy atom. The molecule has 0 atom stereocenters. The summed E-state index contributed by atoms with van der Waals surface area (Å²) in [4.78, 5) is 9.15. The Morgan fingerprint density at radius 3 is 2.62 bits per heavy atom. The number of nitrogens with one attached hydrogen (secondary N) is 2. The first-order valence-electron chi connectivity index (χ1n) is 9.10. The summed E-state index contributed by atoms with van der Waals surface area (Å²) in [5.74, 6) is 2.06. The van der Waals surface area contributed by atoms with Gasteiger partial charge in [0.25, 0.3) is 0 Å². The number of rotatable bonds is 9. The van der Waals surface area contributed by atoms with E-state index in [1.165, 1.54) is 0 Å². The molecule has 0 radical (unpaired) electrons. The molecular formula is C18H30IN5OS. The van der Waals surface area contributed by atoms with Gasteiger partial charge >= 0.3 is 0 Å². The van der Waals surface area contributed by atoms with Crippen LogP contribution in [0, 0.1) is 0 Å². The van der Waals surface area contributed by atoms with Crippen LogP contribution >= 0.6 is 35.3 Å². The second-order valence-corrected chi connectivity index (χ2v) is 6.81. The summed E-state index contributed by atoms with van der Waals surface area (Å²) in [5.41, 5.74) is 2.05. The lowest BCUT2D eigenvalue weighted by molar-refractivity contribution is 0.368. The van der Waals surface area contributed by atoms with Gasteiger partial charge in [0.15, 0.2) is 11.7 Å². The van der Waals surface area contributed by atoms with E-state index >= 15 is 0 Å². The van der Waals surface area contributed by atoms with Crippen molar-refractivity contribution < 1.29 is 4.52 Å². The number of aliphatic imine (C=N–C) groups is 1. The Balaban J connectivity index is 0.00000338.